The molecule has 0 aromatic heterocycles. The Kier molecular flexibility index (Phi) is 8.51. The van der Waals surface area contributed by atoms with Crippen LogP contribution in [0, 0.1) is 5.82 Å². The van der Waals surface area contributed by atoms with Gasteiger partial charge >= 0.3 is 24.5 Å². The average molecular weight is 589 g/mol. The van der Waals surface area contributed by atoms with E-state index in [4.69, 9.17) is 5.11 Å². The molecule has 3 nitrogen and oxygen atoms in total. The number of hydrogen-bond donors (Lipinski definition) is 1. The summed E-state index contributed by atoms with van der Waals surface area (Å²) in [4.78, 5) is 15.1. The fourth-order valence-corrected chi connectivity index (χ4v) is 3.53. The summed E-state index contributed by atoms with van der Waals surface area (Å²) in [5, 5.41) is 9.16. The van der Waals surface area contributed by atoms with E-state index in [1.54, 1.807) is 0 Å². The fourth-order valence-electron chi connectivity index (χ4n) is 3.53. The zero-order valence-electron chi connectivity index (χ0n) is 20.6. The first kappa shape index (κ1) is 31.1. The molecule has 0 saturated heterocycles. The molecule has 3 rings (SSSR count). The second-order valence-corrected chi connectivity index (χ2v) is 8.64. The van der Waals surface area contributed by atoms with Crippen LogP contribution in [-0.4, -0.2) is 23.0 Å². The van der Waals surface area contributed by atoms with Gasteiger partial charge in [0, 0.05) is 16.7 Å². The number of benzene rings is 3. The Hall–Kier alpha value is -4.42. The van der Waals surface area contributed by atoms with Crippen molar-refractivity contribution in [2.75, 3.05) is 0 Å². The molecule has 0 aliphatic heterocycles. The predicted molar refractivity (Wildman–Crippen MR) is 131 cm³/mol. The van der Waals surface area contributed by atoms with Crippen LogP contribution in [0.2, 0.25) is 0 Å². The molecule has 0 aliphatic rings. The van der Waals surface area contributed by atoms with Gasteiger partial charge in [-0.1, -0.05) is 30.8 Å². The van der Waals surface area contributed by atoms with Crippen molar-refractivity contribution >= 4 is 17.4 Å². The van der Waals surface area contributed by atoms with Crippen LogP contribution >= 0.6 is 0 Å². The molecule has 0 heterocycles. The third kappa shape index (κ3) is 7.62. The Morgan fingerprint density at radius 3 is 1.88 bits per heavy atom. The Morgan fingerprint density at radius 2 is 1.37 bits per heavy atom. The summed E-state index contributed by atoms with van der Waals surface area (Å²) in [6.45, 7) is 4.16. The number of aliphatic imine (C=N–C) groups is 1. The minimum atomic E-state index is -5.26. The van der Waals surface area contributed by atoms with Crippen molar-refractivity contribution in [3.05, 3.63) is 113 Å². The fraction of sp³-hybridized carbons (Fsp3) is 0.143. The van der Waals surface area contributed by atoms with Crippen LogP contribution in [-0.2, 0) is 12.4 Å². The number of allylic oxidation sites excluding steroid dienone is 2. The van der Waals surface area contributed by atoms with Crippen LogP contribution in [0.25, 0.3) is 16.8 Å². The highest BCUT2D eigenvalue weighted by Gasteiger charge is 2.37. The van der Waals surface area contributed by atoms with Gasteiger partial charge in [-0.25, -0.2) is 14.2 Å². The number of nitrogens with zero attached hydrogens (tertiary/aromatic N) is 1. The van der Waals surface area contributed by atoms with Gasteiger partial charge in [-0.15, -0.1) is 0 Å². The molecule has 13 heteroatoms. The van der Waals surface area contributed by atoms with Crippen LogP contribution in [0.4, 0.5) is 43.9 Å². The number of alkyl halides is 9. The SMILES string of the molecule is C=C(/N=C(\C=C(/C)C(F)(F)F)c1cc(C(F)(F)F)cc(C(F)(F)F)c1)c1cccc(-c2ccc(F)c(C(=O)O)c2)c1. The molecule has 3 aromatic rings. The van der Waals surface area contributed by atoms with Crippen molar-refractivity contribution in [3.8, 4) is 11.1 Å². The molecular weight excluding hydrogens is 572 g/mol. The van der Waals surface area contributed by atoms with Crippen LogP contribution in [0.15, 0.2) is 83.9 Å². The second-order valence-electron chi connectivity index (χ2n) is 8.64. The lowest BCUT2D eigenvalue weighted by Gasteiger charge is -2.16. The normalized spacial score (nSPS) is 13.3. The second kappa shape index (κ2) is 11.2. The maximum atomic E-state index is 13.8. The summed E-state index contributed by atoms with van der Waals surface area (Å²) < 4.78 is 134. The molecule has 0 radical (unpaired) electrons. The van der Waals surface area contributed by atoms with E-state index in [-0.39, 0.29) is 40.6 Å². The Morgan fingerprint density at radius 1 is 0.805 bits per heavy atom. The van der Waals surface area contributed by atoms with Crippen molar-refractivity contribution < 1.29 is 53.8 Å². The Bertz CT molecular complexity index is 1530. The highest BCUT2D eigenvalue weighted by molar-refractivity contribution is 6.11. The van der Waals surface area contributed by atoms with Crippen LogP contribution < -0.4 is 0 Å². The lowest BCUT2D eigenvalue weighted by atomic mass is 9.98. The van der Waals surface area contributed by atoms with Crippen molar-refractivity contribution in [1.29, 1.82) is 0 Å². The molecule has 0 amide bonds. The molecule has 3 aromatic carbocycles. The maximum Gasteiger partial charge on any atom is 0.416 e. The number of carboxylic acids is 1. The first-order valence-corrected chi connectivity index (χ1v) is 11.2. The molecule has 0 bridgehead atoms. The number of carbonyl (C=O) groups is 1. The van der Waals surface area contributed by atoms with Crippen molar-refractivity contribution in [2.24, 2.45) is 4.99 Å². The first-order valence-electron chi connectivity index (χ1n) is 11.2. The molecule has 0 spiro atoms. The number of halogens is 10. The van der Waals surface area contributed by atoms with Crippen molar-refractivity contribution in [3.63, 3.8) is 0 Å². The molecule has 0 fully saturated rings. The minimum absolute atomic E-state index is 0.0716. The van der Waals surface area contributed by atoms with Gasteiger partial charge in [0.15, 0.2) is 0 Å². The lowest BCUT2D eigenvalue weighted by Crippen LogP contribution is -2.15. The quantitative estimate of drug-likeness (QED) is 0.230. The topological polar surface area (TPSA) is 49.7 Å². The van der Waals surface area contributed by atoms with Crippen LogP contribution in [0.1, 0.15) is 39.5 Å². The highest BCUT2D eigenvalue weighted by atomic mass is 19.4. The van der Waals surface area contributed by atoms with E-state index in [0.717, 1.165) is 12.1 Å². The summed E-state index contributed by atoms with van der Waals surface area (Å²) in [5.41, 5.74) is -7.11. The molecule has 216 valence electrons. The standard InChI is InChI=1S/C28H17F10NO2/c1-14(26(30,31)32)8-24(19-10-20(27(33,34)35)13-21(11-19)28(36,37)38)39-15(2)16-4-3-5-17(9-16)18-6-7-23(29)22(12-18)25(40)41/h3-13H,2H2,1H3,(H,40,41)/b14-8+,39-24+. The van der Waals surface area contributed by atoms with Crippen molar-refractivity contribution in [1.82, 2.24) is 0 Å². The zero-order valence-corrected chi connectivity index (χ0v) is 20.6. The largest absolute Gasteiger partial charge is 0.478 e. The monoisotopic (exact) mass is 589 g/mol. The van der Waals surface area contributed by atoms with Gasteiger partial charge < -0.3 is 5.11 Å². The van der Waals surface area contributed by atoms with E-state index >= 15 is 0 Å². The van der Waals surface area contributed by atoms with Crippen LogP contribution in [0.5, 0.6) is 0 Å². The van der Waals surface area contributed by atoms with E-state index in [1.807, 2.05) is 0 Å². The van der Waals surface area contributed by atoms with Gasteiger partial charge in [-0.05, 0) is 60.5 Å². The number of carboxylic acid groups (broad SMARTS) is 1. The summed E-state index contributed by atoms with van der Waals surface area (Å²) >= 11 is 0. The van der Waals surface area contributed by atoms with E-state index < -0.39 is 63.9 Å². The zero-order chi connectivity index (χ0) is 30.9. The number of rotatable bonds is 6. The smallest absolute Gasteiger partial charge is 0.416 e. The summed E-state index contributed by atoms with van der Waals surface area (Å²) in [6.07, 6.45) is -15.2. The lowest BCUT2D eigenvalue weighted by molar-refractivity contribution is -0.143. The van der Waals surface area contributed by atoms with Gasteiger partial charge in [-0.2, -0.15) is 39.5 Å². The molecule has 0 saturated carbocycles. The van der Waals surface area contributed by atoms with Gasteiger partial charge in [0.25, 0.3) is 0 Å². The molecule has 0 atom stereocenters. The van der Waals surface area contributed by atoms with E-state index in [1.165, 1.54) is 30.3 Å². The number of hydrogen-bond acceptors (Lipinski definition) is 2. The Labute approximate surface area is 225 Å². The van der Waals surface area contributed by atoms with Crippen LogP contribution in [0.3, 0.4) is 0 Å². The van der Waals surface area contributed by atoms with Gasteiger partial charge in [0.2, 0.25) is 0 Å². The van der Waals surface area contributed by atoms with E-state index in [0.29, 0.717) is 13.0 Å². The van der Waals surface area contributed by atoms with E-state index in [9.17, 15) is 48.7 Å². The first-order chi connectivity index (χ1) is 18.8. The van der Waals surface area contributed by atoms with Gasteiger partial charge in [0.05, 0.1) is 28.1 Å². The average Bonchev–Trinajstić information content (AvgIpc) is 2.86. The molecule has 1 N–H and O–H groups in total. The van der Waals surface area contributed by atoms with E-state index in [2.05, 4.69) is 11.6 Å². The maximum absolute atomic E-state index is 13.8. The summed E-state index contributed by atoms with van der Waals surface area (Å²) in [6, 6.07) is 9.01. The highest BCUT2D eigenvalue weighted by Crippen LogP contribution is 2.37. The minimum Gasteiger partial charge on any atom is -0.478 e. The molecule has 41 heavy (non-hydrogen) atoms. The van der Waals surface area contributed by atoms with Crippen molar-refractivity contribution in [2.45, 2.75) is 25.5 Å². The molecule has 0 aliphatic carbocycles. The number of aromatic carboxylic acids is 1. The molecule has 0 unspecified atom stereocenters. The summed E-state index contributed by atoms with van der Waals surface area (Å²) in [7, 11) is 0. The molecular formula is C28H17F10NO2. The van der Waals surface area contributed by atoms with Gasteiger partial charge in [-0.3, -0.25) is 0 Å². The predicted octanol–water partition coefficient (Wildman–Crippen LogP) is 9.20. The Balaban J connectivity index is 2.20. The third-order valence-electron chi connectivity index (χ3n) is 5.67. The third-order valence-corrected chi connectivity index (χ3v) is 5.67. The van der Waals surface area contributed by atoms with Gasteiger partial charge in [0.1, 0.15) is 5.82 Å². The summed E-state index contributed by atoms with van der Waals surface area (Å²) in [5.74, 6) is -2.56.